The molecule has 23 heavy (non-hydrogen) atoms. The Kier molecular flexibility index (Phi) is 4.79. The van der Waals surface area contributed by atoms with Gasteiger partial charge in [0.25, 0.3) is 0 Å². The minimum absolute atomic E-state index is 0.0663. The molecule has 0 saturated carbocycles. The van der Waals surface area contributed by atoms with Crippen LogP contribution in [0.3, 0.4) is 0 Å². The van der Waals surface area contributed by atoms with Crippen molar-refractivity contribution in [3.63, 3.8) is 0 Å². The molecule has 0 bridgehead atoms. The molecule has 0 aliphatic rings. The Balaban J connectivity index is 1.54. The lowest BCUT2D eigenvalue weighted by Crippen LogP contribution is -2.30. The predicted octanol–water partition coefficient (Wildman–Crippen LogP) is 4.49. The fourth-order valence-electron chi connectivity index (χ4n) is 2.40. The minimum atomic E-state index is -0.449. The maximum absolute atomic E-state index is 13.1. The Morgan fingerprint density at radius 3 is 2.87 bits per heavy atom. The number of hydrogen-bond acceptors (Lipinski definition) is 1. The first kappa shape index (κ1) is 15.8. The second-order valence-corrected chi connectivity index (χ2v) is 5.93. The number of fused-ring (bicyclic) bond motifs is 1. The summed E-state index contributed by atoms with van der Waals surface area (Å²) >= 11 is 11.0. The molecule has 0 aliphatic heterocycles. The number of aromatic nitrogens is 1. The molecule has 2 aromatic carbocycles. The molecule has 0 unspecified atom stereocenters. The number of hydrogen-bond donors (Lipinski definition) is 3. The fraction of sp³-hybridized carbons (Fsp3) is 0.118. The van der Waals surface area contributed by atoms with Crippen LogP contribution in [0.15, 0.2) is 48.7 Å². The van der Waals surface area contributed by atoms with Crippen molar-refractivity contribution in [2.75, 3.05) is 11.9 Å². The van der Waals surface area contributed by atoms with Gasteiger partial charge in [0.05, 0.1) is 5.02 Å². The molecule has 6 heteroatoms. The third kappa shape index (κ3) is 3.81. The highest BCUT2D eigenvalue weighted by Crippen LogP contribution is 2.19. The van der Waals surface area contributed by atoms with E-state index in [1.165, 1.54) is 23.1 Å². The Hall–Kier alpha value is -2.11. The summed E-state index contributed by atoms with van der Waals surface area (Å²) in [7, 11) is 0. The number of anilines is 1. The van der Waals surface area contributed by atoms with Gasteiger partial charge in [-0.3, -0.25) is 0 Å². The van der Waals surface area contributed by atoms with Gasteiger partial charge >= 0.3 is 0 Å². The third-order valence-corrected chi connectivity index (χ3v) is 4.07. The zero-order valence-corrected chi connectivity index (χ0v) is 13.8. The molecule has 0 atom stereocenters. The Labute approximate surface area is 143 Å². The summed E-state index contributed by atoms with van der Waals surface area (Å²) in [6.45, 7) is 0.697. The molecule has 1 aromatic heterocycles. The van der Waals surface area contributed by atoms with Crippen LogP contribution >= 0.6 is 23.8 Å². The third-order valence-electron chi connectivity index (χ3n) is 3.53. The summed E-state index contributed by atoms with van der Waals surface area (Å²) in [6, 6.07) is 12.6. The van der Waals surface area contributed by atoms with Crippen molar-refractivity contribution in [2.45, 2.75) is 6.42 Å². The number of aromatic amines is 1. The standard InChI is InChI=1S/C17H15ClFN3S/c18-14-9-12(5-6-15(14)19)22-17(23)20-8-7-11-10-21-16-4-2-1-3-13(11)16/h1-6,9-10,21H,7-8H2,(H2,20,22,23). The van der Waals surface area contributed by atoms with Crippen LogP contribution < -0.4 is 10.6 Å². The van der Waals surface area contributed by atoms with Crippen molar-refractivity contribution in [3.8, 4) is 0 Å². The molecule has 3 aromatic rings. The first-order chi connectivity index (χ1) is 11.1. The van der Waals surface area contributed by atoms with Crippen molar-refractivity contribution >= 4 is 45.5 Å². The topological polar surface area (TPSA) is 39.8 Å². The van der Waals surface area contributed by atoms with Gasteiger partial charge in [0, 0.05) is 29.3 Å². The van der Waals surface area contributed by atoms with Crippen LogP contribution in [0.2, 0.25) is 5.02 Å². The predicted molar refractivity (Wildman–Crippen MR) is 97.6 cm³/mol. The summed E-state index contributed by atoms with van der Waals surface area (Å²) in [4.78, 5) is 3.25. The second-order valence-electron chi connectivity index (χ2n) is 5.12. The summed E-state index contributed by atoms with van der Waals surface area (Å²) < 4.78 is 13.1. The van der Waals surface area contributed by atoms with Crippen LogP contribution in [0.1, 0.15) is 5.56 Å². The van der Waals surface area contributed by atoms with Gasteiger partial charge in [-0.05, 0) is 48.5 Å². The number of benzene rings is 2. The van der Waals surface area contributed by atoms with Crippen molar-refractivity contribution in [1.82, 2.24) is 10.3 Å². The molecular formula is C17H15ClFN3S. The van der Waals surface area contributed by atoms with Gasteiger partial charge in [-0.2, -0.15) is 0 Å². The van der Waals surface area contributed by atoms with Gasteiger partial charge in [-0.15, -0.1) is 0 Å². The van der Waals surface area contributed by atoms with Gasteiger partial charge in [-0.25, -0.2) is 4.39 Å². The van der Waals surface area contributed by atoms with Crippen LogP contribution in [-0.2, 0) is 6.42 Å². The van der Waals surface area contributed by atoms with E-state index in [0.717, 1.165) is 11.9 Å². The number of halogens is 2. The van der Waals surface area contributed by atoms with E-state index in [4.69, 9.17) is 23.8 Å². The number of para-hydroxylation sites is 1. The largest absolute Gasteiger partial charge is 0.362 e. The van der Waals surface area contributed by atoms with Gasteiger partial charge < -0.3 is 15.6 Å². The maximum Gasteiger partial charge on any atom is 0.170 e. The van der Waals surface area contributed by atoms with E-state index in [-0.39, 0.29) is 5.02 Å². The number of H-pyrrole nitrogens is 1. The van der Waals surface area contributed by atoms with E-state index < -0.39 is 5.82 Å². The van der Waals surface area contributed by atoms with Gasteiger partial charge in [0.1, 0.15) is 5.82 Å². The Bertz CT molecular complexity index is 847. The van der Waals surface area contributed by atoms with E-state index in [1.807, 2.05) is 18.3 Å². The van der Waals surface area contributed by atoms with E-state index in [1.54, 1.807) is 6.07 Å². The molecule has 0 saturated heterocycles. The van der Waals surface area contributed by atoms with E-state index >= 15 is 0 Å². The molecule has 0 spiro atoms. The summed E-state index contributed by atoms with van der Waals surface area (Å²) in [6.07, 6.45) is 2.86. The number of thiocarbonyl (C=S) groups is 1. The smallest absolute Gasteiger partial charge is 0.170 e. The van der Waals surface area contributed by atoms with E-state index in [9.17, 15) is 4.39 Å². The quantitative estimate of drug-likeness (QED) is 0.609. The van der Waals surface area contributed by atoms with Gasteiger partial charge in [-0.1, -0.05) is 29.8 Å². The molecule has 0 amide bonds. The zero-order chi connectivity index (χ0) is 16.2. The normalized spacial score (nSPS) is 10.7. The average Bonchev–Trinajstić information content (AvgIpc) is 2.94. The molecule has 3 N–H and O–H groups in total. The van der Waals surface area contributed by atoms with Crippen LogP contribution in [0.4, 0.5) is 10.1 Å². The highest BCUT2D eigenvalue weighted by Gasteiger charge is 2.04. The Morgan fingerprint density at radius 2 is 2.04 bits per heavy atom. The zero-order valence-electron chi connectivity index (χ0n) is 12.2. The minimum Gasteiger partial charge on any atom is -0.362 e. The lowest BCUT2D eigenvalue weighted by atomic mass is 10.1. The first-order valence-corrected chi connectivity index (χ1v) is 7.97. The SMILES string of the molecule is Fc1ccc(NC(=S)NCCc2c[nH]c3ccccc23)cc1Cl. The second kappa shape index (κ2) is 6.98. The highest BCUT2D eigenvalue weighted by atomic mass is 35.5. The van der Waals surface area contributed by atoms with Crippen molar-refractivity contribution in [3.05, 3.63) is 65.1 Å². The van der Waals surface area contributed by atoms with Crippen LogP contribution in [0.5, 0.6) is 0 Å². The molecule has 118 valence electrons. The summed E-state index contributed by atoms with van der Waals surface area (Å²) in [5, 5.41) is 7.89. The molecule has 3 nitrogen and oxygen atoms in total. The van der Waals surface area contributed by atoms with Crippen molar-refractivity contribution in [2.24, 2.45) is 0 Å². The lowest BCUT2D eigenvalue weighted by Gasteiger charge is -2.10. The monoisotopic (exact) mass is 347 g/mol. The van der Waals surface area contributed by atoms with Crippen LogP contribution in [-0.4, -0.2) is 16.6 Å². The summed E-state index contributed by atoms with van der Waals surface area (Å²) in [5.41, 5.74) is 3.02. The lowest BCUT2D eigenvalue weighted by molar-refractivity contribution is 0.628. The first-order valence-electron chi connectivity index (χ1n) is 7.18. The molecular weight excluding hydrogens is 333 g/mol. The van der Waals surface area contributed by atoms with Gasteiger partial charge in [0.2, 0.25) is 0 Å². The number of rotatable bonds is 4. The van der Waals surface area contributed by atoms with Gasteiger partial charge in [0.15, 0.2) is 5.11 Å². The molecule has 0 aliphatic carbocycles. The van der Waals surface area contributed by atoms with Crippen LogP contribution in [0, 0.1) is 5.82 Å². The van der Waals surface area contributed by atoms with Crippen LogP contribution in [0.25, 0.3) is 10.9 Å². The number of nitrogens with one attached hydrogen (secondary N) is 3. The Morgan fingerprint density at radius 1 is 1.22 bits per heavy atom. The fourth-order valence-corrected chi connectivity index (χ4v) is 2.80. The average molecular weight is 348 g/mol. The van der Waals surface area contributed by atoms with E-state index in [2.05, 4.69) is 27.8 Å². The van der Waals surface area contributed by atoms with E-state index in [0.29, 0.717) is 17.3 Å². The van der Waals surface area contributed by atoms with Crippen molar-refractivity contribution in [1.29, 1.82) is 0 Å². The van der Waals surface area contributed by atoms with Crippen molar-refractivity contribution < 1.29 is 4.39 Å². The molecule has 0 radical (unpaired) electrons. The molecule has 0 fully saturated rings. The summed E-state index contributed by atoms with van der Waals surface area (Å²) in [5.74, 6) is -0.449. The molecule has 1 heterocycles. The highest BCUT2D eigenvalue weighted by molar-refractivity contribution is 7.80. The molecule has 3 rings (SSSR count). The maximum atomic E-state index is 13.1.